The van der Waals surface area contributed by atoms with Crippen LogP contribution in [0, 0.1) is 0 Å². The van der Waals surface area contributed by atoms with E-state index in [1.807, 2.05) is 30.2 Å². The van der Waals surface area contributed by atoms with E-state index in [2.05, 4.69) is 63.4 Å². The zero-order chi connectivity index (χ0) is 16.7. The molecule has 1 aromatic heterocycles. The molecule has 0 aliphatic heterocycles. The molecule has 6 heteroatoms. The molecule has 0 saturated heterocycles. The van der Waals surface area contributed by atoms with Crippen LogP contribution in [0.4, 0.5) is 0 Å². The molecular weight excluding hydrogens is 354 g/mol. The fourth-order valence-corrected chi connectivity index (χ4v) is 2.73. The minimum atomic E-state index is 0.744. The van der Waals surface area contributed by atoms with Gasteiger partial charge in [0, 0.05) is 44.4 Å². The Hall–Kier alpha value is -1.82. The molecule has 0 atom stereocenters. The third kappa shape index (κ3) is 5.39. The van der Waals surface area contributed by atoms with E-state index in [9.17, 15) is 0 Å². The first-order valence-electron chi connectivity index (χ1n) is 7.80. The van der Waals surface area contributed by atoms with Crippen LogP contribution < -0.4 is 5.32 Å². The van der Waals surface area contributed by atoms with E-state index in [1.54, 1.807) is 0 Å². The van der Waals surface area contributed by atoms with Gasteiger partial charge in [-0.25, -0.2) is 0 Å². The Morgan fingerprint density at radius 2 is 2.17 bits per heavy atom. The van der Waals surface area contributed by atoms with Gasteiger partial charge < -0.3 is 10.2 Å². The minimum Gasteiger partial charge on any atom is -0.357 e. The Morgan fingerprint density at radius 1 is 1.39 bits per heavy atom. The monoisotopic (exact) mass is 377 g/mol. The highest BCUT2D eigenvalue weighted by atomic mass is 79.9. The molecule has 124 valence electrons. The average Bonchev–Trinajstić information content (AvgIpc) is 2.94. The van der Waals surface area contributed by atoms with Gasteiger partial charge in [-0.05, 0) is 30.5 Å². The first-order chi connectivity index (χ1) is 11.1. The third-order valence-corrected chi connectivity index (χ3v) is 4.26. The van der Waals surface area contributed by atoms with Crippen molar-refractivity contribution < 1.29 is 0 Å². The molecule has 0 aliphatic carbocycles. The molecule has 1 heterocycles. The van der Waals surface area contributed by atoms with E-state index in [0.29, 0.717) is 0 Å². The van der Waals surface area contributed by atoms with Crippen molar-refractivity contribution in [2.45, 2.75) is 19.9 Å². The molecule has 0 saturated carbocycles. The summed E-state index contributed by atoms with van der Waals surface area (Å²) < 4.78 is 2.95. The highest BCUT2D eigenvalue weighted by Crippen LogP contribution is 2.17. The SMILES string of the molecule is CCNC(=NCCc1cnn(C)c1)N(C)Cc1ccccc1Br. The molecule has 1 aromatic carbocycles. The summed E-state index contributed by atoms with van der Waals surface area (Å²) in [6.45, 7) is 4.49. The quantitative estimate of drug-likeness (QED) is 0.621. The normalized spacial score (nSPS) is 11.6. The molecular formula is C17H24BrN5. The predicted octanol–water partition coefficient (Wildman–Crippen LogP) is 2.82. The van der Waals surface area contributed by atoms with E-state index < -0.39 is 0 Å². The van der Waals surface area contributed by atoms with Crippen molar-refractivity contribution in [3.05, 3.63) is 52.3 Å². The molecule has 23 heavy (non-hydrogen) atoms. The van der Waals surface area contributed by atoms with E-state index >= 15 is 0 Å². The molecule has 2 aromatic rings. The van der Waals surface area contributed by atoms with Crippen LogP contribution in [0.3, 0.4) is 0 Å². The molecule has 1 N–H and O–H groups in total. The Bertz CT molecular complexity index is 650. The number of hydrogen-bond donors (Lipinski definition) is 1. The van der Waals surface area contributed by atoms with Crippen LogP contribution in [-0.4, -0.2) is 40.8 Å². The van der Waals surface area contributed by atoms with Gasteiger partial charge in [-0.2, -0.15) is 5.10 Å². The van der Waals surface area contributed by atoms with Crippen molar-refractivity contribution in [1.82, 2.24) is 20.0 Å². The van der Waals surface area contributed by atoms with Gasteiger partial charge in [-0.15, -0.1) is 0 Å². The lowest BCUT2D eigenvalue weighted by Gasteiger charge is -2.22. The number of nitrogens with zero attached hydrogens (tertiary/aromatic N) is 4. The van der Waals surface area contributed by atoms with Crippen molar-refractivity contribution in [1.29, 1.82) is 0 Å². The zero-order valence-corrected chi connectivity index (χ0v) is 15.5. The smallest absolute Gasteiger partial charge is 0.193 e. The van der Waals surface area contributed by atoms with Crippen molar-refractivity contribution in [2.75, 3.05) is 20.1 Å². The molecule has 0 spiro atoms. The highest BCUT2D eigenvalue weighted by molar-refractivity contribution is 9.10. The second kappa shape index (κ2) is 8.72. The number of halogens is 1. The second-order valence-electron chi connectivity index (χ2n) is 5.46. The summed E-state index contributed by atoms with van der Waals surface area (Å²) in [5.41, 5.74) is 2.45. The van der Waals surface area contributed by atoms with Crippen molar-refractivity contribution in [3.8, 4) is 0 Å². The topological polar surface area (TPSA) is 45.5 Å². The Labute approximate surface area is 146 Å². The maximum atomic E-state index is 4.72. The number of hydrogen-bond acceptors (Lipinski definition) is 2. The van der Waals surface area contributed by atoms with E-state index in [0.717, 1.165) is 36.5 Å². The van der Waals surface area contributed by atoms with Gasteiger partial charge in [0.1, 0.15) is 0 Å². The van der Waals surface area contributed by atoms with Gasteiger partial charge in [-0.3, -0.25) is 9.67 Å². The number of aryl methyl sites for hydroxylation is 1. The van der Waals surface area contributed by atoms with Gasteiger partial charge in [0.05, 0.1) is 6.20 Å². The van der Waals surface area contributed by atoms with Crippen LogP contribution in [-0.2, 0) is 20.0 Å². The largest absolute Gasteiger partial charge is 0.357 e. The summed E-state index contributed by atoms with van der Waals surface area (Å²) >= 11 is 3.60. The van der Waals surface area contributed by atoms with Crippen LogP contribution >= 0.6 is 15.9 Å². The summed E-state index contributed by atoms with van der Waals surface area (Å²) in [6.07, 6.45) is 4.83. The maximum absolute atomic E-state index is 4.72. The van der Waals surface area contributed by atoms with Gasteiger partial charge in [0.2, 0.25) is 0 Å². The number of aliphatic imine (C=N–C) groups is 1. The maximum Gasteiger partial charge on any atom is 0.193 e. The lowest BCUT2D eigenvalue weighted by Crippen LogP contribution is -2.38. The van der Waals surface area contributed by atoms with Gasteiger partial charge >= 0.3 is 0 Å². The number of guanidine groups is 1. The molecule has 0 fully saturated rings. The average molecular weight is 378 g/mol. The molecule has 0 aliphatic rings. The third-order valence-electron chi connectivity index (χ3n) is 3.48. The zero-order valence-electron chi connectivity index (χ0n) is 14.0. The molecule has 0 radical (unpaired) electrons. The number of rotatable bonds is 6. The predicted molar refractivity (Wildman–Crippen MR) is 98.5 cm³/mol. The summed E-state index contributed by atoms with van der Waals surface area (Å²) in [6, 6.07) is 8.27. The van der Waals surface area contributed by atoms with Gasteiger partial charge in [0.15, 0.2) is 5.96 Å². The van der Waals surface area contributed by atoms with Gasteiger partial charge in [-0.1, -0.05) is 34.1 Å². The first-order valence-corrected chi connectivity index (χ1v) is 8.59. The molecule has 0 amide bonds. The van der Waals surface area contributed by atoms with Gasteiger partial charge in [0.25, 0.3) is 0 Å². The van der Waals surface area contributed by atoms with E-state index in [4.69, 9.17) is 4.99 Å². The lowest BCUT2D eigenvalue weighted by atomic mass is 10.2. The Balaban J connectivity index is 1.98. The molecule has 5 nitrogen and oxygen atoms in total. The number of benzene rings is 1. The van der Waals surface area contributed by atoms with Crippen LogP contribution in [0.5, 0.6) is 0 Å². The van der Waals surface area contributed by atoms with Crippen molar-refractivity contribution in [2.24, 2.45) is 12.0 Å². The minimum absolute atomic E-state index is 0.744. The van der Waals surface area contributed by atoms with Crippen LogP contribution in [0.15, 0.2) is 46.1 Å². The first kappa shape index (κ1) is 17.5. The fraction of sp³-hybridized carbons (Fsp3) is 0.412. The van der Waals surface area contributed by atoms with Crippen LogP contribution in [0.25, 0.3) is 0 Å². The summed E-state index contributed by atoms with van der Waals surface area (Å²) in [4.78, 5) is 6.87. The number of aromatic nitrogens is 2. The molecule has 2 rings (SSSR count). The fourth-order valence-electron chi connectivity index (χ4n) is 2.32. The van der Waals surface area contributed by atoms with Crippen LogP contribution in [0.1, 0.15) is 18.1 Å². The highest BCUT2D eigenvalue weighted by Gasteiger charge is 2.08. The van der Waals surface area contributed by atoms with Crippen molar-refractivity contribution in [3.63, 3.8) is 0 Å². The van der Waals surface area contributed by atoms with E-state index in [-0.39, 0.29) is 0 Å². The summed E-state index contributed by atoms with van der Waals surface area (Å²) in [5.74, 6) is 0.923. The Kier molecular flexibility index (Phi) is 6.65. The Morgan fingerprint density at radius 3 is 2.83 bits per heavy atom. The number of nitrogens with one attached hydrogen (secondary N) is 1. The molecule has 0 bridgehead atoms. The summed E-state index contributed by atoms with van der Waals surface area (Å²) in [5, 5.41) is 7.54. The summed E-state index contributed by atoms with van der Waals surface area (Å²) in [7, 11) is 3.99. The van der Waals surface area contributed by atoms with Crippen molar-refractivity contribution >= 4 is 21.9 Å². The molecule has 0 unspecified atom stereocenters. The lowest BCUT2D eigenvalue weighted by molar-refractivity contribution is 0.476. The van der Waals surface area contributed by atoms with Crippen LogP contribution in [0.2, 0.25) is 0 Å². The second-order valence-corrected chi connectivity index (χ2v) is 6.31. The standard InChI is InChI=1S/C17H24BrN5/c1-4-19-17(20-10-9-14-11-21-23(3)12-14)22(2)13-15-7-5-6-8-16(15)18/h5-8,11-12H,4,9-10,13H2,1-3H3,(H,19,20). The van der Waals surface area contributed by atoms with E-state index in [1.165, 1.54) is 11.1 Å².